The van der Waals surface area contributed by atoms with Gasteiger partial charge < -0.3 is 10.6 Å². The van der Waals surface area contributed by atoms with Crippen molar-refractivity contribution in [3.8, 4) is 0 Å². The minimum Gasteiger partial charge on any atom is -0.351 e. The third kappa shape index (κ3) is 5.36. The molecule has 0 saturated heterocycles. The lowest BCUT2D eigenvalue weighted by Gasteiger charge is -2.30. The summed E-state index contributed by atoms with van der Waals surface area (Å²) < 4.78 is 0. The second kappa shape index (κ2) is 7.82. The van der Waals surface area contributed by atoms with Gasteiger partial charge in [0, 0.05) is 17.4 Å². The van der Waals surface area contributed by atoms with Crippen LogP contribution >= 0.6 is 0 Å². The highest BCUT2D eigenvalue weighted by molar-refractivity contribution is 5.81. The van der Waals surface area contributed by atoms with E-state index in [0.717, 1.165) is 31.2 Å². The topological polar surface area (TPSA) is 58.2 Å². The van der Waals surface area contributed by atoms with Crippen LogP contribution in [0.3, 0.4) is 0 Å². The Hall–Kier alpha value is -1.84. The molecule has 0 heterocycles. The van der Waals surface area contributed by atoms with E-state index in [4.69, 9.17) is 0 Å². The zero-order valence-corrected chi connectivity index (χ0v) is 15.3. The second-order valence-corrected chi connectivity index (χ2v) is 7.93. The molecule has 0 spiro atoms. The SMILES string of the molecule is CC(NC(=O)C1CCC(C(=O)NC(C)(C)C)CC1)c1ccccc1. The van der Waals surface area contributed by atoms with Gasteiger partial charge in [0.25, 0.3) is 0 Å². The molecule has 2 N–H and O–H groups in total. The lowest BCUT2D eigenvalue weighted by molar-refractivity contribution is -0.131. The van der Waals surface area contributed by atoms with E-state index in [1.807, 2.05) is 58.0 Å². The highest BCUT2D eigenvalue weighted by atomic mass is 16.2. The van der Waals surface area contributed by atoms with Gasteiger partial charge in [-0.3, -0.25) is 9.59 Å². The Morgan fingerprint density at radius 2 is 1.46 bits per heavy atom. The molecular weight excluding hydrogens is 300 g/mol. The van der Waals surface area contributed by atoms with Crippen molar-refractivity contribution in [2.75, 3.05) is 0 Å². The van der Waals surface area contributed by atoms with Gasteiger partial charge in [-0.05, 0) is 58.9 Å². The van der Waals surface area contributed by atoms with E-state index in [1.165, 1.54) is 0 Å². The number of nitrogens with one attached hydrogen (secondary N) is 2. The highest BCUT2D eigenvalue weighted by Gasteiger charge is 2.31. The van der Waals surface area contributed by atoms with E-state index in [0.29, 0.717) is 0 Å². The van der Waals surface area contributed by atoms with Crippen LogP contribution in [0.25, 0.3) is 0 Å². The first-order valence-corrected chi connectivity index (χ1v) is 8.93. The first-order chi connectivity index (χ1) is 11.3. The molecule has 0 bridgehead atoms. The number of rotatable bonds is 4. The summed E-state index contributed by atoms with van der Waals surface area (Å²) in [5.41, 5.74) is 0.917. The molecule has 1 aliphatic carbocycles. The summed E-state index contributed by atoms with van der Waals surface area (Å²) in [5, 5.41) is 6.16. The summed E-state index contributed by atoms with van der Waals surface area (Å²) in [6.45, 7) is 7.99. The monoisotopic (exact) mass is 330 g/mol. The van der Waals surface area contributed by atoms with Crippen LogP contribution in [0.1, 0.15) is 65.0 Å². The van der Waals surface area contributed by atoms with E-state index in [-0.39, 0.29) is 35.2 Å². The zero-order chi connectivity index (χ0) is 17.7. The molecule has 4 heteroatoms. The van der Waals surface area contributed by atoms with E-state index >= 15 is 0 Å². The summed E-state index contributed by atoms with van der Waals surface area (Å²) in [6, 6.07) is 10.0. The van der Waals surface area contributed by atoms with Crippen LogP contribution in [0.2, 0.25) is 0 Å². The molecule has 1 fully saturated rings. The summed E-state index contributed by atoms with van der Waals surface area (Å²) in [7, 11) is 0. The molecule has 2 rings (SSSR count). The minimum atomic E-state index is -0.198. The molecule has 1 aliphatic rings. The van der Waals surface area contributed by atoms with Crippen LogP contribution in [0.4, 0.5) is 0 Å². The maximum Gasteiger partial charge on any atom is 0.223 e. The average Bonchev–Trinajstić information content (AvgIpc) is 2.54. The second-order valence-electron chi connectivity index (χ2n) is 7.93. The highest BCUT2D eigenvalue weighted by Crippen LogP contribution is 2.30. The van der Waals surface area contributed by atoms with Crippen LogP contribution in [-0.4, -0.2) is 17.4 Å². The Labute approximate surface area is 145 Å². The van der Waals surface area contributed by atoms with Crippen molar-refractivity contribution >= 4 is 11.8 Å². The van der Waals surface area contributed by atoms with E-state index in [9.17, 15) is 9.59 Å². The van der Waals surface area contributed by atoms with Gasteiger partial charge in [-0.15, -0.1) is 0 Å². The van der Waals surface area contributed by atoms with Crippen molar-refractivity contribution in [1.29, 1.82) is 0 Å². The van der Waals surface area contributed by atoms with Crippen LogP contribution in [0.5, 0.6) is 0 Å². The number of benzene rings is 1. The third-order valence-electron chi connectivity index (χ3n) is 4.63. The average molecular weight is 330 g/mol. The largest absolute Gasteiger partial charge is 0.351 e. The van der Waals surface area contributed by atoms with Crippen LogP contribution in [0.15, 0.2) is 30.3 Å². The summed E-state index contributed by atoms with van der Waals surface area (Å²) in [5.74, 6) is 0.301. The van der Waals surface area contributed by atoms with Gasteiger partial charge >= 0.3 is 0 Å². The van der Waals surface area contributed by atoms with Crippen molar-refractivity contribution < 1.29 is 9.59 Å². The van der Waals surface area contributed by atoms with Crippen LogP contribution < -0.4 is 10.6 Å². The zero-order valence-electron chi connectivity index (χ0n) is 15.3. The third-order valence-corrected chi connectivity index (χ3v) is 4.63. The summed E-state index contributed by atoms with van der Waals surface area (Å²) in [6.07, 6.45) is 3.16. The van der Waals surface area contributed by atoms with E-state index < -0.39 is 0 Å². The molecular formula is C20H30N2O2. The quantitative estimate of drug-likeness (QED) is 0.886. The number of hydrogen-bond donors (Lipinski definition) is 2. The fourth-order valence-electron chi connectivity index (χ4n) is 3.25. The number of carbonyl (C=O) groups is 2. The first-order valence-electron chi connectivity index (χ1n) is 8.93. The Balaban J connectivity index is 1.81. The predicted molar refractivity (Wildman–Crippen MR) is 96.3 cm³/mol. The molecule has 2 amide bonds. The van der Waals surface area contributed by atoms with Crippen molar-refractivity contribution in [3.05, 3.63) is 35.9 Å². The van der Waals surface area contributed by atoms with Crippen LogP contribution in [0, 0.1) is 11.8 Å². The van der Waals surface area contributed by atoms with Gasteiger partial charge in [0.2, 0.25) is 11.8 Å². The van der Waals surface area contributed by atoms with Crippen molar-refractivity contribution in [3.63, 3.8) is 0 Å². The van der Waals surface area contributed by atoms with E-state index in [2.05, 4.69) is 10.6 Å². The molecule has 0 aliphatic heterocycles. The number of hydrogen-bond acceptors (Lipinski definition) is 2. The van der Waals surface area contributed by atoms with Gasteiger partial charge in [0.1, 0.15) is 0 Å². The Morgan fingerprint density at radius 1 is 0.958 bits per heavy atom. The molecule has 1 atom stereocenters. The maximum atomic E-state index is 12.5. The standard InChI is InChI=1S/C20H30N2O2/c1-14(15-8-6-5-7-9-15)21-18(23)16-10-12-17(13-11-16)19(24)22-20(2,3)4/h5-9,14,16-17H,10-13H2,1-4H3,(H,21,23)(H,22,24). The predicted octanol–water partition coefficient (Wildman–Crippen LogP) is 3.58. The fraction of sp³-hybridized carbons (Fsp3) is 0.600. The summed E-state index contributed by atoms with van der Waals surface area (Å²) in [4.78, 5) is 24.7. The number of amides is 2. The van der Waals surface area contributed by atoms with Gasteiger partial charge in [-0.25, -0.2) is 0 Å². The molecule has 0 radical (unpaired) electrons. The summed E-state index contributed by atoms with van der Waals surface area (Å²) >= 11 is 0. The fourth-order valence-corrected chi connectivity index (χ4v) is 3.25. The van der Waals surface area contributed by atoms with E-state index in [1.54, 1.807) is 0 Å². The molecule has 1 aromatic carbocycles. The molecule has 0 aromatic heterocycles. The Kier molecular flexibility index (Phi) is 6.03. The molecule has 4 nitrogen and oxygen atoms in total. The lowest BCUT2D eigenvalue weighted by atomic mass is 9.80. The Bertz CT molecular complexity index is 555. The Morgan fingerprint density at radius 3 is 1.96 bits per heavy atom. The molecule has 1 aromatic rings. The van der Waals surface area contributed by atoms with Crippen molar-refractivity contribution in [1.82, 2.24) is 10.6 Å². The van der Waals surface area contributed by atoms with Gasteiger partial charge in [0.15, 0.2) is 0 Å². The van der Waals surface area contributed by atoms with Crippen molar-refractivity contribution in [2.24, 2.45) is 11.8 Å². The van der Waals surface area contributed by atoms with Crippen LogP contribution in [-0.2, 0) is 9.59 Å². The normalized spacial score (nSPS) is 22.5. The maximum absolute atomic E-state index is 12.5. The molecule has 1 saturated carbocycles. The smallest absolute Gasteiger partial charge is 0.223 e. The van der Waals surface area contributed by atoms with Gasteiger partial charge in [0.05, 0.1) is 6.04 Å². The van der Waals surface area contributed by atoms with Gasteiger partial charge in [-0.1, -0.05) is 30.3 Å². The molecule has 1 unspecified atom stereocenters. The van der Waals surface area contributed by atoms with Crippen molar-refractivity contribution in [2.45, 2.75) is 65.0 Å². The molecule has 132 valence electrons. The molecule has 24 heavy (non-hydrogen) atoms. The minimum absolute atomic E-state index is 0.0145. The first kappa shape index (κ1) is 18.5. The number of carbonyl (C=O) groups excluding carboxylic acids is 2. The van der Waals surface area contributed by atoms with Gasteiger partial charge in [-0.2, -0.15) is 0 Å². The lowest BCUT2D eigenvalue weighted by Crippen LogP contribution is -2.45.